The van der Waals surface area contributed by atoms with Crippen LogP contribution in [-0.2, 0) is 9.59 Å². The molecule has 0 spiro atoms. The molecule has 3 amide bonds. The zero-order chi connectivity index (χ0) is 15.9. The highest BCUT2D eigenvalue weighted by molar-refractivity contribution is 9.10. The van der Waals surface area contributed by atoms with Crippen LogP contribution in [0.5, 0.6) is 0 Å². The summed E-state index contributed by atoms with van der Waals surface area (Å²) < 4.78 is 0.601. The maximum Gasteiger partial charge on any atom is 0.268 e. The van der Waals surface area contributed by atoms with Gasteiger partial charge >= 0.3 is 0 Å². The summed E-state index contributed by atoms with van der Waals surface area (Å²) in [5.41, 5.74) is 0.360. The van der Waals surface area contributed by atoms with Crippen molar-refractivity contribution in [3.8, 4) is 0 Å². The Bertz CT molecular complexity index is 765. The Kier molecular flexibility index (Phi) is 2.62. The zero-order valence-electron chi connectivity index (χ0n) is 12.2. The molecule has 6 rings (SSSR count). The number of benzene rings is 1. The average molecular weight is 372 g/mol. The molecule has 1 saturated heterocycles. The van der Waals surface area contributed by atoms with E-state index in [0.29, 0.717) is 21.9 Å². The summed E-state index contributed by atoms with van der Waals surface area (Å²) in [6.45, 7) is 0. The van der Waals surface area contributed by atoms with Crippen molar-refractivity contribution >= 4 is 33.7 Å². The van der Waals surface area contributed by atoms with E-state index in [9.17, 15) is 14.4 Å². The Labute approximate surface area is 141 Å². The van der Waals surface area contributed by atoms with E-state index >= 15 is 0 Å². The molecule has 23 heavy (non-hydrogen) atoms. The van der Waals surface area contributed by atoms with E-state index in [1.165, 1.54) is 0 Å². The van der Waals surface area contributed by atoms with Crippen LogP contribution in [0.3, 0.4) is 0 Å². The highest BCUT2D eigenvalue weighted by Gasteiger charge is 2.67. The van der Waals surface area contributed by atoms with E-state index in [0.717, 1.165) is 11.3 Å². The monoisotopic (exact) mass is 371 g/mol. The van der Waals surface area contributed by atoms with Gasteiger partial charge in [-0.3, -0.25) is 14.4 Å². The number of likely N-dealkylation sites (tertiary alicyclic amines) is 1. The molecule has 0 aromatic heterocycles. The van der Waals surface area contributed by atoms with Crippen LogP contribution < -0.4 is 0 Å². The number of nitrogens with zero attached hydrogens (tertiary/aromatic N) is 1. The van der Waals surface area contributed by atoms with Crippen molar-refractivity contribution in [1.82, 2.24) is 4.90 Å². The first-order valence-corrected chi connectivity index (χ1v) is 8.74. The minimum atomic E-state index is -0.505. The zero-order valence-corrected chi connectivity index (χ0v) is 13.8. The third-order valence-electron chi connectivity index (χ3n) is 5.97. The first-order chi connectivity index (χ1) is 11.1. The predicted octanol–water partition coefficient (Wildman–Crippen LogP) is 2.64. The minimum Gasteiger partial charge on any atom is -0.274 e. The van der Waals surface area contributed by atoms with Crippen molar-refractivity contribution in [2.24, 2.45) is 35.5 Å². The molecule has 6 atom stereocenters. The van der Waals surface area contributed by atoms with Crippen molar-refractivity contribution in [2.45, 2.75) is 6.42 Å². The lowest BCUT2D eigenvalue weighted by Crippen LogP contribution is -2.40. The van der Waals surface area contributed by atoms with Gasteiger partial charge in [0.05, 0.1) is 17.4 Å². The number of imide groups is 3. The van der Waals surface area contributed by atoms with E-state index in [1.54, 1.807) is 24.3 Å². The topological polar surface area (TPSA) is 54.5 Å². The van der Waals surface area contributed by atoms with Crippen LogP contribution in [0.15, 0.2) is 40.9 Å². The molecule has 4 aliphatic carbocycles. The van der Waals surface area contributed by atoms with Crippen LogP contribution in [0.1, 0.15) is 16.8 Å². The van der Waals surface area contributed by atoms with Gasteiger partial charge in [0, 0.05) is 4.47 Å². The van der Waals surface area contributed by atoms with Gasteiger partial charge in [0.15, 0.2) is 0 Å². The molecule has 0 N–H and O–H groups in total. The van der Waals surface area contributed by atoms with Gasteiger partial charge in [-0.1, -0.05) is 24.3 Å². The number of hydrogen-bond acceptors (Lipinski definition) is 3. The molecule has 3 fully saturated rings. The molecule has 5 aliphatic rings. The third kappa shape index (κ3) is 1.63. The van der Waals surface area contributed by atoms with Gasteiger partial charge in [0.25, 0.3) is 5.91 Å². The number of rotatable bonds is 1. The number of carbonyl (C=O) groups excluding carboxylic acids is 3. The standard InChI is InChI=1S/C18H14BrNO3/c19-13-4-2-1-3-10(13)16(21)20-17(22)14-8-5-6-9(12-7-11(8)12)15(14)18(20)23/h1-6,8-9,11-12,14-15H,7H2/t8-,9-,11-,12-,14-,15+/m0/s1. The van der Waals surface area contributed by atoms with Crippen molar-refractivity contribution in [2.75, 3.05) is 0 Å². The number of allylic oxidation sites excluding steroid dienone is 2. The van der Waals surface area contributed by atoms with Gasteiger partial charge in [0.1, 0.15) is 0 Å². The van der Waals surface area contributed by atoms with E-state index in [1.807, 2.05) is 0 Å². The van der Waals surface area contributed by atoms with E-state index in [-0.39, 0.29) is 35.5 Å². The van der Waals surface area contributed by atoms with Gasteiger partial charge in [-0.05, 0) is 58.2 Å². The van der Waals surface area contributed by atoms with Gasteiger partial charge in [-0.25, -0.2) is 4.90 Å². The molecule has 1 heterocycles. The second-order valence-corrected chi connectivity index (χ2v) is 7.81. The van der Waals surface area contributed by atoms with Crippen molar-refractivity contribution in [3.05, 3.63) is 46.5 Å². The Morgan fingerprint density at radius 1 is 1.00 bits per heavy atom. The number of halogens is 1. The van der Waals surface area contributed by atoms with E-state index in [2.05, 4.69) is 28.1 Å². The van der Waals surface area contributed by atoms with Gasteiger partial charge in [-0.15, -0.1) is 0 Å². The highest BCUT2D eigenvalue weighted by Crippen LogP contribution is 2.65. The average Bonchev–Trinajstić information content (AvgIpc) is 3.32. The maximum atomic E-state index is 12.9. The largest absolute Gasteiger partial charge is 0.274 e. The van der Waals surface area contributed by atoms with Crippen LogP contribution in [0, 0.1) is 35.5 Å². The SMILES string of the molecule is O=C(c1ccccc1Br)N1C(=O)[C@@H]2[C@H]3C=C[C@@H]([C@@H]4C[C@@H]34)[C@@H]2C1=O. The fourth-order valence-electron chi connectivity index (χ4n) is 4.91. The number of carbonyl (C=O) groups is 3. The van der Waals surface area contributed by atoms with E-state index < -0.39 is 5.91 Å². The maximum absolute atomic E-state index is 12.9. The molecule has 2 bridgehead atoms. The smallest absolute Gasteiger partial charge is 0.268 e. The Hall–Kier alpha value is -1.75. The first kappa shape index (κ1) is 13.7. The van der Waals surface area contributed by atoms with Crippen LogP contribution in [0.25, 0.3) is 0 Å². The molecule has 2 saturated carbocycles. The quantitative estimate of drug-likeness (QED) is 0.563. The first-order valence-electron chi connectivity index (χ1n) is 7.94. The lowest BCUT2D eigenvalue weighted by Gasteiger charge is -2.37. The normalized spacial score (nSPS) is 39.4. The van der Waals surface area contributed by atoms with Crippen LogP contribution in [0.2, 0.25) is 0 Å². The lowest BCUT2D eigenvalue weighted by molar-refractivity contribution is -0.136. The van der Waals surface area contributed by atoms with Crippen LogP contribution in [-0.4, -0.2) is 22.6 Å². The molecule has 1 aromatic rings. The second-order valence-electron chi connectivity index (χ2n) is 6.95. The Morgan fingerprint density at radius 2 is 1.57 bits per heavy atom. The third-order valence-corrected chi connectivity index (χ3v) is 6.66. The summed E-state index contributed by atoms with van der Waals surface area (Å²) in [6, 6.07) is 6.91. The summed E-state index contributed by atoms with van der Waals surface area (Å²) in [5.74, 6) is -0.388. The van der Waals surface area contributed by atoms with Crippen molar-refractivity contribution < 1.29 is 14.4 Å². The summed E-state index contributed by atoms with van der Waals surface area (Å²) in [5, 5.41) is 0. The molecular formula is C18H14BrNO3. The molecule has 5 heteroatoms. The predicted molar refractivity (Wildman–Crippen MR) is 85.0 cm³/mol. The molecule has 1 aliphatic heterocycles. The molecular weight excluding hydrogens is 358 g/mol. The molecule has 1 aromatic carbocycles. The molecule has 4 nitrogen and oxygen atoms in total. The van der Waals surface area contributed by atoms with Gasteiger partial charge < -0.3 is 0 Å². The summed E-state index contributed by atoms with van der Waals surface area (Å²) >= 11 is 3.33. The number of hydrogen-bond donors (Lipinski definition) is 0. The number of amides is 3. The van der Waals surface area contributed by atoms with Gasteiger partial charge in [0.2, 0.25) is 11.8 Å². The summed E-state index contributed by atoms with van der Waals surface area (Å²) in [4.78, 5) is 39.4. The lowest BCUT2D eigenvalue weighted by atomic mass is 9.63. The summed E-state index contributed by atoms with van der Waals surface area (Å²) in [7, 11) is 0. The minimum absolute atomic E-state index is 0.142. The summed E-state index contributed by atoms with van der Waals surface area (Å²) in [6.07, 6.45) is 5.34. The second kappa shape index (κ2) is 4.41. The van der Waals surface area contributed by atoms with Crippen LogP contribution in [0.4, 0.5) is 0 Å². The molecule has 0 radical (unpaired) electrons. The van der Waals surface area contributed by atoms with Crippen molar-refractivity contribution in [1.29, 1.82) is 0 Å². The van der Waals surface area contributed by atoms with Gasteiger partial charge in [-0.2, -0.15) is 0 Å². The molecule has 116 valence electrons. The fourth-order valence-corrected chi connectivity index (χ4v) is 5.37. The highest BCUT2D eigenvalue weighted by atomic mass is 79.9. The Morgan fingerprint density at radius 3 is 2.13 bits per heavy atom. The fraction of sp³-hybridized carbons (Fsp3) is 0.389. The molecule has 0 unspecified atom stereocenters. The van der Waals surface area contributed by atoms with Crippen LogP contribution >= 0.6 is 15.9 Å². The van der Waals surface area contributed by atoms with E-state index in [4.69, 9.17) is 0 Å². The Balaban J connectivity index is 1.55. The van der Waals surface area contributed by atoms with Crippen molar-refractivity contribution in [3.63, 3.8) is 0 Å².